The first-order valence-electron chi connectivity index (χ1n) is 6.03. The quantitative estimate of drug-likeness (QED) is 0.696. The molecule has 2 aromatic rings. The third kappa shape index (κ3) is 3.84. The van der Waals surface area contributed by atoms with Gasteiger partial charge in [0.2, 0.25) is 0 Å². The van der Waals surface area contributed by atoms with Gasteiger partial charge in [0.15, 0.2) is 0 Å². The lowest BCUT2D eigenvalue weighted by Crippen LogP contribution is -2.16. The zero-order valence-corrected chi connectivity index (χ0v) is 14.4. The summed E-state index contributed by atoms with van der Waals surface area (Å²) >= 11 is 15.5. The molecule has 0 saturated heterocycles. The number of nitrogens with one attached hydrogen (secondary N) is 1. The van der Waals surface area contributed by atoms with Crippen molar-refractivity contribution < 1.29 is 0 Å². The van der Waals surface area contributed by atoms with Gasteiger partial charge in [-0.15, -0.1) is 0 Å². The number of halogens is 3. The third-order valence-electron chi connectivity index (χ3n) is 2.56. The fourth-order valence-corrected chi connectivity index (χ4v) is 2.25. The standard InChI is InChI=1S/C14H14BrCl2N3/c1-14(2,3)13-19-11(17)7-12(20-13)18-10-6-8(16)4-5-9(10)15/h4-7H,1-3H3,(H,18,19,20). The molecular weight excluding hydrogens is 361 g/mol. The van der Waals surface area contributed by atoms with Gasteiger partial charge in [-0.3, -0.25) is 0 Å². The Kier molecular flexibility index (Phi) is 4.57. The van der Waals surface area contributed by atoms with Crippen LogP contribution in [0.4, 0.5) is 11.5 Å². The van der Waals surface area contributed by atoms with Crippen molar-refractivity contribution in [2.75, 3.05) is 5.32 Å². The normalized spacial score (nSPS) is 11.5. The van der Waals surface area contributed by atoms with Gasteiger partial charge < -0.3 is 5.32 Å². The number of hydrogen-bond acceptors (Lipinski definition) is 3. The van der Waals surface area contributed by atoms with Crippen LogP contribution in [0.3, 0.4) is 0 Å². The Morgan fingerprint density at radius 3 is 2.45 bits per heavy atom. The SMILES string of the molecule is CC(C)(C)c1nc(Cl)cc(Nc2cc(Cl)ccc2Br)n1. The molecule has 1 heterocycles. The van der Waals surface area contributed by atoms with Crippen molar-refractivity contribution in [2.24, 2.45) is 0 Å². The zero-order chi connectivity index (χ0) is 14.9. The van der Waals surface area contributed by atoms with Gasteiger partial charge in [0.1, 0.15) is 16.8 Å². The number of nitrogens with zero attached hydrogens (tertiary/aromatic N) is 2. The molecule has 0 fully saturated rings. The first-order chi connectivity index (χ1) is 9.25. The van der Waals surface area contributed by atoms with E-state index in [2.05, 4.69) is 31.2 Å². The maximum atomic E-state index is 6.06. The third-order valence-corrected chi connectivity index (χ3v) is 3.68. The lowest BCUT2D eigenvalue weighted by Gasteiger charge is -2.18. The van der Waals surface area contributed by atoms with Crippen LogP contribution in [0.2, 0.25) is 10.2 Å². The van der Waals surface area contributed by atoms with Crippen molar-refractivity contribution in [1.82, 2.24) is 9.97 Å². The minimum Gasteiger partial charge on any atom is -0.339 e. The average Bonchev–Trinajstić information content (AvgIpc) is 2.32. The van der Waals surface area contributed by atoms with E-state index in [-0.39, 0.29) is 5.41 Å². The summed E-state index contributed by atoms with van der Waals surface area (Å²) in [5.41, 5.74) is 0.652. The van der Waals surface area contributed by atoms with E-state index in [4.69, 9.17) is 23.2 Å². The largest absolute Gasteiger partial charge is 0.339 e. The second-order valence-corrected chi connectivity index (χ2v) is 7.08. The van der Waals surface area contributed by atoms with Crippen LogP contribution in [0.25, 0.3) is 0 Å². The Bertz CT molecular complexity index is 639. The molecule has 0 unspecified atom stereocenters. The summed E-state index contributed by atoms with van der Waals surface area (Å²) < 4.78 is 0.897. The first-order valence-corrected chi connectivity index (χ1v) is 7.58. The van der Waals surface area contributed by atoms with Crippen molar-refractivity contribution in [3.05, 3.63) is 44.7 Å². The summed E-state index contributed by atoms with van der Waals surface area (Å²) in [5.74, 6) is 1.32. The molecule has 6 heteroatoms. The Hall–Kier alpha value is -0.840. The van der Waals surface area contributed by atoms with Gasteiger partial charge in [0.05, 0.1) is 5.69 Å². The summed E-state index contributed by atoms with van der Waals surface area (Å²) in [5, 5.41) is 4.25. The lowest BCUT2D eigenvalue weighted by atomic mass is 9.96. The van der Waals surface area contributed by atoms with E-state index in [9.17, 15) is 0 Å². The van der Waals surface area contributed by atoms with E-state index in [0.717, 1.165) is 10.2 Å². The highest BCUT2D eigenvalue weighted by molar-refractivity contribution is 9.10. The molecule has 1 N–H and O–H groups in total. The average molecular weight is 375 g/mol. The van der Waals surface area contributed by atoms with Crippen molar-refractivity contribution in [3.8, 4) is 0 Å². The van der Waals surface area contributed by atoms with E-state index in [1.807, 2.05) is 39.0 Å². The molecule has 0 amide bonds. The van der Waals surface area contributed by atoms with Gasteiger partial charge >= 0.3 is 0 Å². The molecule has 0 aliphatic carbocycles. The van der Waals surface area contributed by atoms with Crippen LogP contribution in [0.5, 0.6) is 0 Å². The predicted octanol–water partition coefficient (Wildman–Crippen LogP) is 5.59. The molecule has 0 radical (unpaired) electrons. The van der Waals surface area contributed by atoms with Gasteiger partial charge in [-0.1, -0.05) is 44.0 Å². The van der Waals surface area contributed by atoms with Crippen LogP contribution in [-0.4, -0.2) is 9.97 Å². The molecule has 0 saturated carbocycles. The second-order valence-electron chi connectivity index (χ2n) is 5.40. The zero-order valence-electron chi connectivity index (χ0n) is 11.3. The smallest absolute Gasteiger partial charge is 0.137 e. The molecule has 3 nitrogen and oxygen atoms in total. The van der Waals surface area contributed by atoms with Crippen LogP contribution < -0.4 is 5.32 Å². The minimum absolute atomic E-state index is 0.174. The van der Waals surface area contributed by atoms with Crippen LogP contribution in [-0.2, 0) is 5.41 Å². The van der Waals surface area contributed by atoms with E-state index >= 15 is 0 Å². The maximum absolute atomic E-state index is 6.06. The Balaban J connectivity index is 2.39. The summed E-state index contributed by atoms with van der Waals surface area (Å²) in [4.78, 5) is 8.76. The van der Waals surface area contributed by atoms with Gasteiger partial charge in [0, 0.05) is 21.0 Å². The molecule has 0 aliphatic heterocycles. The van der Waals surface area contributed by atoms with Crippen molar-refractivity contribution in [1.29, 1.82) is 0 Å². The number of anilines is 2. The molecule has 106 valence electrons. The molecule has 0 atom stereocenters. The highest BCUT2D eigenvalue weighted by atomic mass is 79.9. The predicted molar refractivity (Wildman–Crippen MR) is 88.2 cm³/mol. The summed E-state index contributed by atoms with van der Waals surface area (Å²) in [6.07, 6.45) is 0. The topological polar surface area (TPSA) is 37.8 Å². The van der Waals surface area contributed by atoms with Gasteiger partial charge in [-0.2, -0.15) is 0 Å². The first kappa shape index (κ1) is 15.5. The van der Waals surface area contributed by atoms with Crippen LogP contribution >= 0.6 is 39.1 Å². The molecule has 20 heavy (non-hydrogen) atoms. The summed E-state index contributed by atoms with van der Waals surface area (Å²) in [7, 11) is 0. The van der Waals surface area contributed by atoms with Gasteiger partial charge in [0.25, 0.3) is 0 Å². The monoisotopic (exact) mass is 373 g/mol. The van der Waals surface area contributed by atoms with Crippen LogP contribution in [0.15, 0.2) is 28.7 Å². The van der Waals surface area contributed by atoms with E-state index in [1.54, 1.807) is 6.07 Å². The number of hydrogen-bond donors (Lipinski definition) is 1. The Morgan fingerprint density at radius 2 is 1.80 bits per heavy atom. The minimum atomic E-state index is -0.174. The fourth-order valence-electron chi connectivity index (χ4n) is 1.55. The van der Waals surface area contributed by atoms with E-state index < -0.39 is 0 Å². The van der Waals surface area contributed by atoms with Crippen molar-refractivity contribution >= 4 is 50.6 Å². The second kappa shape index (κ2) is 5.88. The van der Waals surface area contributed by atoms with Gasteiger partial charge in [-0.05, 0) is 34.1 Å². The fraction of sp³-hybridized carbons (Fsp3) is 0.286. The molecule has 1 aromatic carbocycles. The van der Waals surface area contributed by atoms with Crippen molar-refractivity contribution in [3.63, 3.8) is 0 Å². The highest BCUT2D eigenvalue weighted by Gasteiger charge is 2.19. The Morgan fingerprint density at radius 1 is 1.10 bits per heavy atom. The highest BCUT2D eigenvalue weighted by Crippen LogP contribution is 2.30. The summed E-state index contributed by atoms with van der Waals surface area (Å²) in [6, 6.07) is 7.19. The lowest BCUT2D eigenvalue weighted by molar-refractivity contribution is 0.546. The maximum Gasteiger partial charge on any atom is 0.137 e. The van der Waals surface area contributed by atoms with E-state index in [1.165, 1.54) is 0 Å². The van der Waals surface area contributed by atoms with E-state index in [0.29, 0.717) is 21.8 Å². The molecule has 0 aliphatic rings. The van der Waals surface area contributed by atoms with Crippen LogP contribution in [0, 0.1) is 0 Å². The number of benzene rings is 1. The molecule has 0 spiro atoms. The number of rotatable bonds is 2. The Labute approximate surface area is 136 Å². The molecule has 2 rings (SSSR count). The van der Waals surface area contributed by atoms with Crippen LogP contribution in [0.1, 0.15) is 26.6 Å². The van der Waals surface area contributed by atoms with Crippen molar-refractivity contribution in [2.45, 2.75) is 26.2 Å². The molecular formula is C14H14BrCl2N3. The molecule has 0 bridgehead atoms. The summed E-state index contributed by atoms with van der Waals surface area (Å²) in [6.45, 7) is 6.12. The molecule has 1 aromatic heterocycles. The van der Waals surface area contributed by atoms with Gasteiger partial charge in [-0.25, -0.2) is 9.97 Å². The number of aromatic nitrogens is 2.